The van der Waals surface area contributed by atoms with E-state index in [9.17, 15) is 5.26 Å². The van der Waals surface area contributed by atoms with Gasteiger partial charge in [-0.3, -0.25) is 0 Å². The fourth-order valence-corrected chi connectivity index (χ4v) is 3.82. The minimum Gasteiger partial charge on any atom is -0.454 e. The molecular formula is C21H18ClN9O2. The molecule has 166 valence electrons. The zero-order chi connectivity index (χ0) is 23.3. The number of anilines is 3. The lowest BCUT2D eigenvalue weighted by Gasteiger charge is -2.19. The number of hydrogen-bond donors (Lipinski definition) is 3. The smallest absolute Gasteiger partial charge is 0.231 e. The van der Waals surface area contributed by atoms with Crippen LogP contribution in [0.25, 0.3) is 16.9 Å². The maximum absolute atomic E-state index is 9.51. The molecule has 4 heterocycles. The van der Waals surface area contributed by atoms with Crippen LogP contribution in [0, 0.1) is 18.3 Å². The number of benzene rings is 1. The number of ether oxygens (including phenoxy) is 2. The zero-order valence-corrected chi connectivity index (χ0v) is 18.4. The van der Waals surface area contributed by atoms with Gasteiger partial charge < -0.3 is 26.3 Å². The Kier molecular flexibility index (Phi) is 4.79. The molecule has 0 fully saturated rings. The van der Waals surface area contributed by atoms with Crippen LogP contribution >= 0.6 is 11.6 Å². The Morgan fingerprint density at radius 1 is 1.21 bits per heavy atom. The lowest BCUT2D eigenvalue weighted by molar-refractivity contribution is 0.174. The lowest BCUT2D eigenvalue weighted by Crippen LogP contribution is -2.15. The van der Waals surface area contributed by atoms with Crippen LogP contribution in [0.4, 0.5) is 17.6 Å². The van der Waals surface area contributed by atoms with Gasteiger partial charge in [0.25, 0.3) is 0 Å². The average Bonchev–Trinajstić information content (AvgIpc) is 3.36. The number of halogens is 1. The van der Waals surface area contributed by atoms with Gasteiger partial charge in [0, 0.05) is 17.3 Å². The Morgan fingerprint density at radius 3 is 2.79 bits per heavy atom. The number of aryl methyl sites for hydroxylation is 1. The summed E-state index contributed by atoms with van der Waals surface area (Å²) in [6, 6.07) is 7.21. The molecule has 0 unspecified atom stereocenters. The molecule has 33 heavy (non-hydrogen) atoms. The molecule has 0 aliphatic carbocycles. The van der Waals surface area contributed by atoms with Crippen molar-refractivity contribution in [3.05, 3.63) is 46.2 Å². The normalized spacial score (nSPS) is 13.2. The van der Waals surface area contributed by atoms with E-state index in [0.717, 1.165) is 11.1 Å². The Bertz CT molecular complexity index is 1460. The second kappa shape index (κ2) is 7.68. The zero-order valence-electron chi connectivity index (χ0n) is 17.6. The monoisotopic (exact) mass is 463 g/mol. The highest BCUT2D eigenvalue weighted by atomic mass is 35.5. The molecule has 0 radical (unpaired) electrons. The molecule has 1 aliphatic rings. The molecule has 1 atom stereocenters. The molecule has 0 amide bonds. The van der Waals surface area contributed by atoms with E-state index in [1.54, 1.807) is 4.52 Å². The van der Waals surface area contributed by atoms with E-state index in [1.165, 1.54) is 0 Å². The molecule has 4 aromatic rings. The SMILES string of the molecule is Cc1nn2cc([C@H](C)Nc3nc(N)nc(N)c3C#N)c(-c3ccc4c(c3)OCO4)nc2c1Cl. The molecule has 5 N–H and O–H groups in total. The van der Waals surface area contributed by atoms with Crippen molar-refractivity contribution in [3.8, 4) is 28.8 Å². The van der Waals surface area contributed by atoms with Crippen molar-refractivity contribution in [3.63, 3.8) is 0 Å². The average molecular weight is 464 g/mol. The number of hydrogen-bond acceptors (Lipinski definition) is 10. The van der Waals surface area contributed by atoms with E-state index in [1.807, 2.05) is 44.3 Å². The molecule has 1 aliphatic heterocycles. The number of nitrogen functional groups attached to an aromatic ring is 2. The van der Waals surface area contributed by atoms with Gasteiger partial charge in [0.2, 0.25) is 12.7 Å². The number of nitrogens with two attached hydrogens (primary N) is 2. The first kappa shape index (κ1) is 20.6. The van der Waals surface area contributed by atoms with Gasteiger partial charge in [-0.2, -0.15) is 20.3 Å². The van der Waals surface area contributed by atoms with E-state index in [2.05, 4.69) is 20.4 Å². The summed E-state index contributed by atoms with van der Waals surface area (Å²) in [5.74, 6) is 1.47. The number of fused-ring (bicyclic) bond motifs is 2. The molecule has 12 heteroatoms. The van der Waals surface area contributed by atoms with Gasteiger partial charge in [0.05, 0.1) is 17.4 Å². The first-order valence-corrected chi connectivity index (χ1v) is 10.3. The van der Waals surface area contributed by atoms with Crippen molar-refractivity contribution in [1.29, 1.82) is 5.26 Å². The second-order valence-corrected chi connectivity index (χ2v) is 7.83. The topological polar surface area (TPSA) is 162 Å². The predicted molar refractivity (Wildman–Crippen MR) is 122 cm³/mol. The van der Waals surface area contributed by atoms with Crippen LogP contribution in [0.2, 0.25) is 5.02 Å². The minimum absolute atomic E-state index is 0.00115. The van der Waals surface area contributed by atoms with Gasteiger partial charge in [0.1, 0.15) is 22.5 Å². The van der Waals surface area contributed by atoms with E-state index < -0.39 is 0 Å². The molecule has 0 spiro atoms. The van der Waals surface area contributed by atoms with Crippen molar-refractivity contribution in [2.45, 2.75) is 19.9 Å². The summed E-state index contributed by atoms with van der Waals surface area (Å²) in [6.45, 7) is 3.87. The first-order chi connectivity index (χ1) is 15.9. The van der Waals surface area contributed by atoms with Gasteiger partial charge in [-0.05, 0) is 32.0 Å². The molecule has 0 bridgehead atoms. The largest absolute Gasteiger partial charge is 0.454 e. The summed E-state index contributed by atoms with van der Waals surface area (Å²) in [5.41, 5.74) is 15.1. The Morgan fingerprint density at radius 2 is 2.00 bits per heavy atom. The number of rotatable bonds is 4. The summed E-state index contributed by atoms with van der Waals surface area (Å²) in [4.78, 5) is 12.8. The van der Waals surface area contributed by atoms with Crippen molar-refractivity contribution < 1.29 is 9.47 Å². The fraction of sp³-hybridized carbons (Fsp3) is 0.190. The number of nitriles is 1. The third-order valence-corrected chi connectivity index (χ3v) is 5.72. The standard InChI is InChI=1S/C21H18ClN9O2/c1-9(26-19-12(6-23)18(24)28-21(25)29-19)13-7-31-20(16(22)10(2)30-31)27-17(13)11-3-4-14-15(5-11)33-8-32-14/h3-5,7,9H,8H2,1-2H3,(H5,24,25,26,28,29)/t9-/m0/s1. The summed E-state index contributed by atoms with van der Waals surface area (Å²) < 4.78 is 12.6. The molecule has 5 rings (SSSR count). The Labute approximate surface area is 192 Å². The molecular weight excluding hydrogens is 446 g/mol. The highest BCUT2D eigenvalue weighted by Crippen LogP contribution is 2.38. The Hall–Kier alpha value is -4.30. The summed E-state index contributed by atoms with van der Waals surface area (Å²) >= 11 is 6.44. The Balaban J connectivity index is 1.66. The molecule has 1 aromatic carbocycles. The predicted octanol–water partition coefficient (Wildman–Crippen LogP) is 3.09. The highest BCUT2D eigenvalue weighted by Gasteiger charge is 2.23. The van der Waals surface area contributed by atoms with Gasteiger partial charge in [-0.15, -0.1) is 0 Å². The van der Waals surface area contributed by atoms with Crippen LogP contribution in [-0.4, -0.2) is 31.4 Å². The van der Waals surface area contributed by atoms with Crippen LogP contribution in [0.1, 0.15) is 29.8 Å². The number of aromatic nitrogens is 5. The summed E-state index contributed by atoms with van der Waals surface area (Å²) in [7, 11) is 0. The van der Waals surface area contributed by atoms with Crippen LogP contribution in [0.5, 0.6) is 11.5 Å². The lowest BCUT2D eigenvalue weighted by atomic mass is 10.0. The van der Waals surface area contributed by atoms with Crippen LogP contribution in [0.15, 0.2) is 24.4 Å². The van der Waals surface area contributed by atoms with Gasteiger partial charge in [0.15, 0.2) is 23.0 Å². The van der Waals surface area contributed by atoms with Crippen LogP contribution in [0.3, 0.4) is 0 Å². The van der Waals surface area contributed by atoms with E-state index >= 15 is 0 Å². The quantitative estimate of drug-likeness (QED) is 0.409. The van der Waals surface area contributed by atoms with Crippen molar-refractivity contribution in [2.24, 2.45) is 0 Å². The van der Waals surface area contributed by atoms with E-state index in [0.29, 0.717) is 33.6 Å². The maximum Gasteiger partial charge on any atom is 0.231 e. The van der Waals surface area contributed by atoms with E-state index in [4.69, 9.17) is 37.5 Å². The molecule has 11 nitrogen and oxygen atoms in total. The van der Waals surface area contributed by atoms with Crippen LogP contribution < -0.4 is 26.3 Å². The van der Waals surface area contributed by atoms with Crippen molar-refractivity contribution in [2.75, 3.05) is 23.6 Å². The van der Waals surface area contributed by atoms with Gasteiger partial charge in [-0.25, -0.2) is 9.50 Å². The second-order valence-electron chi connectivity index (χ2n) is 7.45. The first-order valence-electron chi connectivity index (χ1n) is 9.90. The fourth-order valence-electron chi connectivity index (χ4n) is 3.65. The third kappa shape index (κ3) is 3.46. The third-order valence-electron chi connectivity index (χ3n) is 5.27. The molecule has 3 aromatic heterocycles. The van der Waals surface area contributed by atoms with Gasteiger partial charge in [-0.1, -0.05) is 11.6 Å². The number of nitrogens with one attached hydrogen (secondary N) is 1. The summed E-state index contributed by atoms with van der Waals surface area (Å²) in [6.07, 6.45) is 1.83. The van der Waals surface area contributed by atoms with Crippen LogP contribution in [-0.2, 0) is 0 Å². The molecule has 0 saturated carbocycles. The van der Waals surface area contributed by atoms with Gasteiger partial charge >= 0.3 is 0 Å². The summed E-state index contributed by atoms with van der Waals surface area (Å²) in [5, 5.41) is 17.6. The van der Waals surface area contributed by atoms with Crippen molar-refractivity contribution >= 4 is 34.8 Å². The van der Waals surface area contributed by atoms with Crippen molar-refractivity contribution in [1.82, 2.24) is 24.6 Å². The number of nitrogens with zero attached hydrogens (tertiary/aromatic N) is 6. The minimum atomic E-state index is -0.383. The maximum atomic E-state index is 9.51. The molecule has 0 saturated heterocycles. The van der Waals surface area contributed by atoms with E-state index in [-0.39, 0.29) is 36.0 Å². The highest BCUT2D eigenvalue weighted by molar-refractivity contribution is 6.34.